The maximum Gasteiger partial charge on any atom is 0.168 e. The lowest BCUT2D eigenvalue weighted by atomic mass is 10.3. The lowest BCUT2D eigenvalue weighted by Crippen LogP contribution is -2.13. The molecule has 1 atom stereocenters. The van der Waals surface area contributed by atoms with Crippen molar-refractivity contribution in [2.45, 2.75) is 38.8 Å². The average molecular weight is 208 g/mol. The van der Waals surface area contributed by atoms with Crippen molar-refractivity contribution in [1.29, 1.82) is 0 Å². The summed E-state index contributed by atoms with van der Waals surface area (Å²) in [5.41, 5.74) is 1.64. The van der Waals surface area contributed by atoms with Crippen molar-refractivity contribution in [3.05, 3.63) is 17.5 Å². The van der Waals surface area contributed by atoms with Crippen molar-refractivity contribution in [3.8, 4) is 0 Å². The van der Waals surface area contributed by atoms with Crippen LogP contribution in [-0.4, -0.2) is 22.7 Å². The Morgan fingerprint density at radius 3 is 3.00 bits per heavy atom. The maximum atomic E-state index is 10.9. The minimum Gasteiger partial charge on any atom is -0.357 e. The van der Waals surface area contributed by atoms with Gasteiger partial charge in [-0.05, 0) is 32.8 Å². The lowest BCUT2D eigenvalue weighted by molar-refractivity contribution is 0.0143. The number of hydrogen-bond donors (Lipinski definition) is 0. The molecule has 0 bridgehead atoms. The molecule has 0 spiro atoms. The van der Waals surface area contributed by atoms with Gasteiger partial charge in [0.05, 0.1) is 5.69 Å². The summed E-state index contributed by atoms with van der Waals surface area (Å²) in [7, 11) is 0. The van der Waals surface area contributed by atoms with Crippen molar-refractivity contribution in [1.82, 2.24) is 9.78 Å². The molecule has 0 aliphatic heterocycles. The van der Waals surface area contributed by atoms with Gasteiger partial charge in [-0.2, -0.15) is 5.10 Å². The molecule has 0 unspecified atom stereocenters. The predicted octanol–water partition coefficient (Wildman–Crippen LogP) is 2.13. The second-order valence-corrected chi connectivity index (χ2v) is 3.89. The van der Waals surface area contributed by atoms with Gasteiger partial charge in [-0.25, -0.2) is 4.68 Å². The van der Waals surface area contributed by atoms with E-state index in [2.05, 4.69) is 5.10 Å². The van der Waals surface area contributed by atoms with Gasteiger partial charge in [0.25, 0.3) is 0 Å². The largest absolute Gasteiger partial charge is 0.357 e. The van der Waals surface area contributed by atoms with E-state index >= 15 is 0 Å². The number of carbonyl (C=O) groups excluding carboxylic acids is 1. The lowest BCUT2D eigenvalue weighted by Gasteiger charge is -2.13. The molecule has 1 saturated carbocycles. The first-order valence-corrected chi connectivity index (χ1v) is 5.42. The highest BCUT2D eigenvalue weighted by atomic mass is 16.5. The molecule has 1 aliphatic carbocycles. The number of carbonyl (C=O) groups is 1. The number of rotatable bonds is 5. The van der Waals surface area contributed by atoms with Gasteiger partial charge in [-0.3, -0.25) is 4.79 Å². The Bertz CT molecular complexity index is 355. The zero-order chi connectivity index (χ0) is 10.8. The molecule has 1 heterocycles. The van der Waals surface area contributed by atoms with Crippen molar-refractivity contribution in [3.63, 3.8) is 0 Å². The fourth-order valence-electron chi connectivity index (χ4n) is 1.70. The standard InChI is InChI=1S/C11H16N2O2/c1-3-15-8(2)13-10(7-14)6-11(12-13)9-4-5-9/h6-9H,3-5H2,1-2H3/t8-/m0/s1. The summed E-state index contributed by atoms with van der Waals surface area (Å²) < 4.78 is 7.10. The van der Waals surface area contributed by atoms with Gasteiger partial charge < -0.3 is 4.74 Å². The second kappa shape index (κ2) is 4.14. The first-order chi connectivity index (χ1) is 7.26. The summed E-state index contributed by atoms with van der Waals surface area (Å²) in [5.74, 6) is 0.568. The molecule has 0 aromatic carbocycles. The minimum atomic E-state index is -0.164. The number of aldehydes is 1. The number of hydrogen-bond acceptors (Lipinski definition) is 3. The number of nitrogens with zero attached hydrogens (tertiary/aromatic N) is 2. The molecule has 4 heteroatoms. The molecule has 0 N–H and O–H groups in total. The molecule has 1 aromatic rings. The van der Waals surface area contributed by atoms with Crippen LogP contribution in [0.3, 0.4) is 0 Å². The first-order valence-electron chi connectivity index (χ1n) is 5.42. The Balaban J connectivity index is 2.23. The van der Waals surface area contributed by atoms with E-state index in [0.29, 0.717) is 18.2 Å². The molecule has 0 amide bonds. The molecule has 15 heavy (non-hydrogen) atoms. The van der Waals surface area contributed by atoms with Gasteiger partial charge in [-0.1, -0.05) is 0 Å². The Morgan fingerprint density at radius 2 is 2.47 bits per heavy atom. The highest BCUT2D eigenvalue weighted by Crippen LogP contribution is 2.39. The predicted molar refractivity (Wildman–Crippen MR) is 55.9 cm³/mol. The van der Waals surface area contributed by atoms with Crippen molar-refractivity contribution in [2.24, 2.45) is 0 Å². The number of aromatic nitrogens is 2. The molecule has 1 fully saturated rings. The third-order valence-electron chi connectivity index (χ3n) is 2.65. The summed E-state index contributed by atoms with van der Waals surface area (Å²) >= 11 is 0. The molecule has 2 rings (SSSR count). The third-order valence-corrected chi connectivity index (χ3v) is 2.65. The van der Waals surface area contributed by atoms with Crippen LogP contribution in [0.25, 0.3) is 0 Å². The van der Waals surface area contributed by atoms with E-state index in [1.807, 2.05) is 19.9 Å². The van der Waals surface area contributed by atoms with Crippen LogP contribution in [0.2, 0.25) is 0 Å². The monoisotopic (exact) mass is 208 g/mol. The van der Waals surface area contributed by atoms with Gasteiger partial charge in [0.1, 0.15) is 11.9 Å². The molecule has 0 saturated heterocycles. The summed E-state index contributed by atoms with van der Waals surface area (Å²) in [6.07, 6.45) is 3.06. The van der Waals surface area contributed by atoms with Crippen LogP contribution in [0.4, 0.5) is 0 Å². The van der Waals surface area contributed by atoms with Crippen molar-refractivity contribution >= 4 is 6.29 Å². The summed E-state index contributed by atoms with van der Waals surface area (Å²) in [5, 5.41) is 4.42. The van der Waals surface area contributed by atoms with Gasteiger partial charge in [-0.15, -0.1) is 0 Å². The van der Waals surface area contributed by atoms with Crippen LogP contribution in [0.15, 0.2) is 6.07 Å². The van der Waals surface area contributed by atoms with Crippen LogP contribution in [0.1, 0.15) is 55.0 Å². The fraction of sp³-hybridized carbons (Fsp3) is 0.636. The molecule has 4 nitrogen and oxygen atoms in total. The van der Waals surface area contributed by atoms with Crippen LogP contribution in [-0.2, 0) is 4.74 Å². The van der Waals surface area contributed by atoms with Gasteiger partial charge >= 0.3 is 0 Å². The van der Waals surface area contributed by atoms with Gasteiger partial charge in [0.2, 0.25) is 0 Å². The Hall–Kier alpha value is -1.16. The van der Waals surface area contributed by atoms with E-state index in [-0.39, 0.29) is 6.23 Å². The Kier molecular flexibility index (Phi) is 2.86. The highest BCUT2D eigenvalue weighted by molar-refractivity contribution is 5.72. The van der Waals surface area contributed by atoms with E-state index in [0.717, 1.165) is 12.0 Å². The van der Waals surface area contributed by atoms with Crippen LogP contribution in [0.5, 0.6) is 0 Å². The zero-order valence-electron chi connectivity index (χ0n) is 9.14. The SMILES string of the molecule is CCO[C@@H](C)n1nc(C2CC2)cc1C=O. The number of ether oxygens (including phenoxy) is 1. The van der Waals surface area contributed by atoms with Crippen molar-refractivity contribution in [2.75, 3.05) is 6.61 Å². The third kappa shape index (κ3) is 2.09. The molecular weight excluding hydrogens is 192 g/mol. The molecule has 82 valence electrons. The summed E-state index contributed by atoms with van der Waals surface area (Å²) in [6, 6.07) is 1.88. The van der Waals surface area contributed by atoms with Crippen LogP contribution >= 0.6 is 0 Å². The van der Waals surface area contributed by atoms with Gasteiger partial charge in [0, 0.05) is 12.5 Å². The van der Waals surface area contributed by atoms with E-state index in [1.54, 1.807) is 4.68 Å². The fourth-order valence-corrected chi connectivity index (χ4v) is 1.70. The minimum absolute atomic E-state index is 0.164. The maximum absolute atomic E-state index is 10.9. The smallest absolute Gasteiger partial charge is 0.168 e. The molecule has 1 aromatic heterocycles. The van der Waals surface area contributed by atoms with E-state index < -0.39 is 0 Å². The quantitative estimate of drug-likeness (QED) is 0.696. The normalized spacial score (nSPS) is 17.7. The van der Waals surface area contributed by atoms with Crippen LogP contribution < -0.4 is 0 Å². The van der Waals surface area contributed by atoms with Gasteiger partial charge in [0.15, 0.2) is 6.29 Å². The average Bonchev–Trinajstić information content (AvgIpc) is 2.98. The van der Waals surface area contributed by atoms with E-state index in [1.165, 1.54) is 12.8 Å². The summed E-state index contributed by atoms with van der Waals surface area (Å²) in [4.78, 5) is 10.9. The Labute approximate surface area is 89.2 Å². The summed E-state index contributed by atoms with van der Waals surface area (Å²) in [6.45, 7) is 4.46. The first kappa shape index (κ1) is 10.4. The highest BCUT2D eigenvalue weighted by Gasteiger charge is 2.27. The van der Waals surface area contributed by atoms with E-state index in [9.17, 15) is 4.79 Å². The topological polar surface area (TPSA) is 44.1 Å². The van der Waals surface area contributed by atoms with Crippen molar-refractivity contribution < 1.29 is 9.53 Å². The second-order valence-electron chi connectivity index (χ2n) is 3.89. The molecule has 0 radical (unpaired) electrons. The Morgan fingerprint density at radius 1 is 1.73 bits per heavy atom. The zero-order valence-corrected chi connectivity index (χ0v) is 9.14. The van der Waals surface area contributed by atoms with E-state index in [4.69, 9.17) is 4.74 Å². The molecule has 1 aliphatic rings. The van der Waals surface area contributed by atoms with Crippen LogP contribution in [0, 0.1) is 0 Å². The molecular formula is C11H16N2O2.